The first-order valence-corrected chi connectivity index (χ1v) is 6.14. The van der Waals surface area contributed by atoms with Gasteiger partial charge in [-0.05, 0) is 18.2 Å². The molecule has 2 rings (SSSR count). The molecule has 6 nitrogen and oxygen atoms in total. The number of nitro groups is 1. The van der Waals surface area contributed by atoms with Gasteiger partial charge in [0.2, 0.25) is 6.41 Å². The lowest BCUT2D eigenvalue weighted by Crippen LogP contribution is -2.16. The summed E-state index contributed by atoms with van der Waals surface area (Å²) in [5.41, 5.74) is 0.504. The van der Waals surface area contributed by atoms with Gasteiger partial charge < -0.3 is 0 Å². The number of anilines is 2. The van der Waals surface area contributed by atoms with Gasteiger partial charge in [0.05, 0.1) is 26.9 Å². The number of benzene rings is 2. The van der Waals surface area contributed by atoms with Gasteiger partial charge in [0.25, 0.3) is 5.69 Å². The van der Waals surface area contributed by atoms with Crippen LogP contribution < -0.4 is 4.90 Å². The molecule has 0 aromatic heterocycles. The monoisotopic (exact) mass is 301 g/mol. The molecule has 0 unspecified atom stereocenters. The first kappa shape index (κ1) is 14.5. The van der Waals surface area contributed by atoms with E-state index in [1.807, 2.05) is 6.07 Å². The van der Waals surface area contributed by atoms with E-state index in [2.05, 4.69) is 0 Å². The highest BCUT2D eigenvalue weighted by atomic mass is 35.5. The molecule has 0 heterocycles. The summed E-state index contributed by atoms with van der Waals surface area (Å²) >= 11 is 6.01. The summed E-state index contributed by atoms with van der Waals surface area (Å²) in [5.74, 6) is 0. The topological polar surface area (TPSA) is 87.2 Å². The minimum atomic E-state index is -0.584. The minimum absolute atomic E-state index is 0.142. The number of hydrogen-bond donors (Lipinski definition) is 0. The predicted molar refractivity (Wildman–Crippen MR) is 77.5 cm³/mol. The van der Waals surface area contributed by atoms with E-state index in [1.54, 1.807) is 18.2 Å². The highest BCUT2D eigenvalue weighted by molar-refractivity contribution is 6.34. The first-order valence-electron chi connectivity index (χ1n) is 5.76. The number of para-hydroxylation sites is 1. The zero-order chi connectivity index (χ0) is 15.4. The lowest BCUT2D eigenvalue weighted by Gasteiger charge is -2.19. The number of halogens is 1. The molecule has 2 aromatic carbocycles. The van der Waals surface area contributed by atoms with Crippen molar-refractivity contribution in [3.63, 3.8) is 0 Å². The van der Waals surface area contributed by atoms with Crippen LogP contribution in [0.15, 0.2) is 42.5 Å². The molecular weight excluding hydrogens is 294 g/mol. The van der Waals surface area contributed by atoms with Crippen molar-refractivity contribution in [2.75, 3.05) is 4.90 Å². The van der Waals surface area contributed by atoms with Crippen LogP contribution in [0.5, 0.6) is 0 Å². The molecular formula is C14H8ClN3O3. The van der Waals surface area contributed by atoms with Crippen LogP contribution in [0, 0.1) is 21.4 Å². The van der Waals surface area contributed by atoms with Crippen molar-refractivity contribution in [1.29, 1.82) is 5.26 Å². The Morgan fingerprint density at radius 2 is 1.95 bits per heavy atom. The van der Waals surface area contributed by atoms with E-state index in [1.165, 1.54) is 24.3 Å². The number of carbonyl (C=O) groups is 1. The average Bonchev–Trinajstić information content (AvgIpc) is 2.50. The van der Waals surface area contributed by atoms with Crippen LogP contribution in [0.2, 0.25) is 5.02 Å². The van der Waals surface area contributed by atoms with Crippen molar-refractivity contribution < 1.29 is 9.72 Å². The van der Waals surface area contributed by atoms with E-state index >= 15 is 0 Å². The summed E-state index contributed by atoms with van der Waals surface area (Å²) in [7, 11) is 0. The Morgan fingerprint density at radius 1 is 1.24 bits per heavy atom. The van der Waals surface area contributed by atoms with Gasteiger partial charge in [0.1, 0.15) is 6.07 Å². The molecule has 21 heavy (non-hydrogen) atoms. The number of nitrogens with zero attached hydrogens (tertiary/aromatic N) is 3. The lowest BCUT2D eigenvalue weighted by atomic mass is 10.1. The van der Waals surface area contributed by atoms with E-state index < -0.39 is 4.92 Å². The van der Waals surface area contributed by atoms with Crippen molar-refractivity contribution in [3.8, 4) is 6.07 Å². The molecule has 0 aliphatic rings. The van der Waals surface area contributed by atoms with Gasteiger partial charge in [-0.2, -0.15) is 5.26 Å². The van der Waals surface area contributed by atoms with Crippen molar-refractivity contribution in [3.05, 3.63) is 63.2 Å². The highest BCUT2D eigenvalue weighted by Gasteiger charge is 2.18. The van der Waals surface area contributed by atoms with Gasteiger partial charge in [-0.3, -0.25) is 19.8 Å². The second kappa shape index (κ2) is 6.03. The SMILES string of the molecule is N#Cc1ccccc1N(C=O)c1cc([N+](=O)[O-])ccc1Cl. The number of non-ortho nitro benzene ring substituents is 1. The summed E-state index contributed by atoms with van der Waals surface area (Å²) in [6, 6.07) is 12.1. The van der Waals surface area contributed by atoms with Crippen LogP contribution in [-0.2, 0) is 4.79 Å². The highest BCUT2D eigenvalue weighted by Crippen LogP contribution is 2.35. The molecule has 0 radical (unpaired) electrons. The van der Waals surface area contributed by atoms with E-state index in [4.69, 9.17) is 16.9 Å². The third kappa shape index (κ3) is 2.83. The molecule has 0 fully saturated rings. The minimum Gasteiger partial charge on any atom is -0.281 e. The third-order valence-corrected chi connectivity index (χ3v) is 3.11. The number of nitro benzene ring substituents is 1. The number of carbonyl (C=O) groups excluding carboxylic acids is 1. The fourth-order valence-electron chi connectivity index (χ4n) is 1.82. The van der Waals surface area contributed by atoms with Gasteiger partial charge in [-0.1, -0.05) is 23.7 Å². The normalized spacial score (nSPS) is 9.71. The lowest BCUT2D eigenvalue weighted by molar-refractivity contribution is -0.384. The molecule has 0 atom stereocenters. The van der Waals surface area contributed by atoms with E-state index in [0.29, 0.717) is 12.1 Å². The van der Waals surface area contributed by atoms with E-state index in [-0.39, 0.29) is 22.0 Å². The summed E-state index contributed by atoms with van der Waals surface area (Å²) in [6.07, 6.45) is 0.459. The van der Waals surface area contributed by atoms with Gasteiger partial charge in [-0.25, -0.2) is 0 Å². The maximum absolute atomic E-state index is 11.4. The summed E-state index contributed by atoms with van der Waals surface area (Å²) < 4.78 is 0. The Balaban J connectivity index is 2.62. The van der Waals surface area contributed by atoms with Crippen molar-refractivity contribution in [1.82, 2.24) is 0 Å². The van der Waals surface area contributed by atoms with E-state index in [9.17, 15) is 14.9 Å². The average molecular weight is 302 g/mol. The van der Waals surface area contributed by atoms with Crippen LogP contribution in [-0.4, -0.2) is 11.3 Å². The Morgan fingerprint density at radius 3 is 2.57 bits per heavy atom. The van der Waals surface area contributed by atoms with Crippen LogP contribution in [0.25, 0.3) is 0 Å². The quantitative estimate of drug-likeness (QED) is 0.492. The molecule has 0 aliphatic heterocycles. The third-order valence-electron chi connectivity index (χ3n) is 2.79. The van der Waals surface area contributed by atoms with Gasteiger partial charge in [0.15, 0.2) is 0 Å². The fourth-order valence-corrected chi connectivity index (χ4v) is 2.03. The van der Waals surface area contributed by atoms with Crippen molar-refractivity contribution in [2.24, 2.45) is 0 Å². The van der Waals surface area contributed by atoms with Crippen LogP contribution in [0.1, 0.15) is 5.56 Å². The smallest absolute Gasteiger partial charge is 0.271 e. The number of nitriles is 1. The Bertz CT molecular complexity index is 755. The molecule has 0 spiro atoms. The Labute approximate surface area is 124 Å². The molecule has 0 saturated heterocycles. The van der Waals surface area contributed by atoms with Gasteiger partial charge in [-0.15, -0.1) is 0 Å². The largest absolute Gasteiger partial charge is 0.281 e. The molecule has 7 heteroatoms. The van der Waals surface area contributed by atoms with Crippen LogP contribution in [0.4, 0.5) is 17.1 Å². The number of rotatable bonds is 4. The second-order valence-corrected chi connectivity index (χ2v) is 4.40. The van der Waals surface area contributed by atoms with Gasteiger partial charge in [0, 0.05) is 12.1 Å². The predicted octanol–water partition coefficient (Wildman–Crippen LogP) is 3.41. The molecule has 2 aromatic rings. The molecule has 1 amide bonds. The number of hydrogen-bond acceptors (Lipinski definition) is 4. The van der Waals surface area contributed by atoms with E-state index in [0.717, 1.165) is 4.90 Å². The van der Waals surface area contributed by atoms with Crippen molar-refractivity contribution >= 4 is 35.1 Å². The first-order chi connectivity index (χ1) is 10.1. The summed E-state index contributed by atoms with van der Waals surface area (Å²) in [4.78, 5) is 22.8. The molecule has 104 valence electrons. The molecule has 0 saturated carbocycles. The maximum atomic E-state index is 11.4. The Kier molecular flexibility index (Phi) is 4.16. The Hall–Kier alpha value is -2.91. The van der Waals surface area contributed by atoms with Crippen LogP contribution >= 0.6 is 11.6 Å². The zero-order valence-electron chi connectivity index (χ0n) is 10.6. The van der Waals surface area contributed by atoms with Crippen LogP contribution in [0.3, 0.4) is 0 Å². The fraction of sp³-hybridized carbons (Fsp3) is 0. The maximum Gasteiger partial charge on any atom is 0.271 e. The van der Waals surface area contributed by atoms with Gasteiger partial charge >= 0.3 is 0 Å². The molecule has 0 bridgehead atoms. The summed E-state index contributed by atoms with van der Waals surface area (Å²) in [5, 5.41) is 20.1. The van der Waals surface area contributed by atoms with Crippen molar-refractivity contribution in [2.45, 2.75) is 0 Å². The second-order valence-electron chi connectivity index (χ2n) is 4.00. The molecule has 0 N–H and O–H groups in total. The summed E-state index contributed by atoms with van der Waals surface area (Å²) in [6.45, 7) is 0. The zero-order valence-corrected chi connectivity index (χ0v) is 11.3. The molecule has 0 aliphatic carbocycles. The number of amides is 1. The standard InChI is InChI=1S/C14H8ClN3O3/c15-12-6-5-11(18(20)21)7-14(12)17(9-19)13-4-2-1-3-10(13)8-16/h1-7,9H.